The summed E-state index contributed by atoms with van der Waals surface area (Å²) >= 11 is 7.77. The summed E-state index contributed by atoms with van der Waals surface area (Å²) in [5, 5.41) is 3.73. The molecule has 90 valence electrons. The molecule has 1 aromatic heterocycles. The van der Waals surface area contributed by atoms with Gasteiger partial charge in [0, 0.05) is 23.8 Å². The highest BCUT2D eigenvalue weighted by molar-refractivity contribution is 7.98. The van der Waals surface area contributed by atoms with Crippen molar-refractivity contribution >= 4 is 29.2 Å². The van der Waals surface area contributed by atoms with Crippen LogP contribution < -0.4 is 5.32 Å². The van der Waals surface area contributed by atoms with Gasteiger partial charge >= 0.3 is 0 Å². The van der Waals surface area contributed by atoms with E-state index < -0.39 is 0 Å². The van der Waals surface area contributed by atoms with Gasteiger partial charge in [0.1, 0.15) is 16.8 Å². The van der Waals surface area contributed by atoms with Gasteiger partial charge in [-0.05, 0) is 6.26 Å². The first-order chi connectivity index (χ1) is 7.43. The molecule has 0 unspecified atom stereocenters. The molecule has 5 heteroatoms. The fourth-order valence-electron chi connectivity index (χ4n) is 1.12. The number of thioether (sulfide) groups is 1. The minimum Gasteiger partial charge on any atom is -0.369 e. The molecule has 0 amide bonds. The lowest BCUT2D eigenvalue weighted by Gasteiger charge is -2.17. The third-order valence-electron chi connectivity index (χ3n) is 1.98. The summed E-state index contributed by atoms with van der Waals surface area (Å²) in [5.41, 5.74) is -0.0825. The third kappa shape index (κ3) is 4.18. The third-order valence-corrected chi connectivity index (χ3v) is 2.78. The molecule has 1 heterocycles. The Hall–Kier alpha value is -0.480. The predicted molar refractivity (Wildman–Crippen MR) is 72.6 cm³/mol. The van der Waals surface area contributed by atoms with Crippen molar-refractivity contribution in [2.75, 3.05) is 23.9 Å². The molecule has 3 nitrogen and oxygen atoms in total. The molecule has 0 bridgehead atoms. The van der Waals surface area contributed by atoms with Gasteiger partial charge in [0.25, 0.3) is 0 Å². The van der Waals surface area contributed by atoms with Gasteiger partial charge in [0.2, 0.25) is 0 Å². The number of nitrogens with one attached hydrogen (secondary N) is 1. The lowest BCUT2D eigenvalue weighted by molar-refractivity contribution is 0.546. The van der Waals surface area contributed by atoms with Crippen LogP contribution in [-0.2, 0) is 5.41 Å². The van der Waals surface area contributed by atoms with Crippen LogP contribution in [-0.4, -0.2) is 28.5 Å². The van der Waals surface area contributed by atoms with Crippen molar-refractivity contribution in [3.8, 4) is 0 Å². The van der Waals surface area contributed by atoms with E-state index >= 15 is 0 Å². The first-order valence-corrected chi connectivity index (χ1v) is 6.98. The van der Waals surface area contributed by atoms with Crippen LogP contribution >= 0.6 is 23.4 Å². The summed E-state index contributed by atoms with van der Waals surface area (Å²) in [6.07, 6.45) is 2.08. The molecule has 1 rings (SSSR count). The zero-order valence-electron chi connectivity index (χ0n) is 10.2. The second-order valence-corrected chi connectivity index (χ2v) is 5.94. The average molecular weight is 260 g/mol. The van der Waals surface area contributed by atoms with Gasteiger partial charge < -0.3 is 5.32 Å². The summed E-state index contributed by atoms with van der Waals surface area (Å²) in [7, 11) is 0. The van der Waals surface area contributed by atoms with Crippen molar-refractivity contribution in [2.45, 2.75) is 26.2 Å². The summed E-state index contributed by atoms with van der Waals surface area (Å²) in [5.74, 6) is 2.62. The van der Waals surface area contributed by atoms with Gasteiger partial charge in [-0.25, -0.2) is 9.97 Å². The largest absolute Gasteiger partial charge is 0.369 e. The highest BCUT2D eigenvalue weighted by atomic mass is 35.5. The van der Waals surface area contributed by atoms with Crippen molar-refractivity contribution in [1.82, 2.24) is 9.97 Å². The topological polar surface area (TPSA) is 37.8 Å². The quantitative estimate of drug-likeness (QED) is 0.666. The number of aromatic nitrogens is 2. The molecule has 0 spiro atoms. The van der Waals surface area contributed by atoms with Crippen LogP contribution in [0.15, 0.2) is 6.07 Å². The Kier molecular flexibility index (Phi) is 4.87. The average Bonchev–Trinajstić information content (AvgIpc) is 2.16. The van der Waals surface area contributed by atoms with Crippen LogP contribution in [0.1, 0.15) is 26.6 Å². The molecular weight excluding hydrogens is 242 g/mol. The van der Waals surface area contributed by atoms with Crippen molar-refractivity contribution in [2.24, 2.45) is 0 Å². The zero-order valence-corrected chi connectivity index (χ0v) is 11.7. The summed E-state index contributed by atoms with van der Waals surface area (Å²) < 4.78 is 0. The van der Waals surface area contributed by atoms with Crippen LogP contribution in [0.4, 0.5) is 5.82 Å². The van der Waals surface area contributed by atoms with Crippen LogP contribution in [0.25, 0.3) is 0 Å². The maximum absolute atomic E-state index is 5.97. The summed E-state index contributed by atoms with van der Waals surface area (Å²) in [6.45, 7) is 7.11. The molecule has 0 aliphatic heterocycles. The molecule has 0 atom stereocenters. The van der Waals surface area contributed by atoms with Gasteiger partial charge in [-0.3, -0.25) is 0 Å². The van der Waals surface area contributed by atoms with E-state index in [1.807, 2.05) is 0 Å². The Labute approximate surface area is 106 Å². The minimum atomic E-state index is -0.0825. The molecule has 1 N–H and O–H groups in total. The first-order valence-electron chi connectivity index (χ1n) is 5.21. The molecule has 0 saturated heterocycles. The lowest BCUT2D eigenvalue weighted by Crippen LogP contribution is -2.17. The van der Waals surface area contributed by atoms with E-state index in [0.717, 1.165) is 23.9 Å². The van der Waals surface area contributed by atoms with Gasteiger partial charge in [0.15, 0.2) is 0 Å². The SMILES string of the molecule is CSCCNc1cc(Cl)nc(C(C)(C)C)n1. The Bertz CT molecular complexity index is 350. The van der Waals surface area contributed by atoms with E-state index in [1.165, 1.54) is 0 Å². The Morgan fingerprint density at radius 3 is 2.62 bits per heavy atom. The molecule has 0 aliphatic rings. The van der Waals surface area contributed by atoms with Gasteiger partial charge in [-0.1, -0.05) is 32.4 Å². The summed E-state index contributed by atoms with van der Waals surface area (Å²) in [4.78, 5) is 8.70. The maximum Gasteiger partial charge on any atom is 0.137 e. The Morgan fingerprint density at radius 1 is 1.38 bits per heavy atom. The van der Waals surface area contributed by atoms with Crippen LogP contribution in [0, 0.1) is 0 Å². The number of hydrogen-bond donors (Lipinski definition) is 1. The second-order valence-electron chi connectivity index (χ2n) is 4.57. The normalized spacial score (nSPS) is 11.6. The fourth-order valence-corrected chi connectivity index (χ4v) is 1.61. The van der Waals surface area contributed by atoms with E-state index in [-0.39, 0.29) is 5.41 Å². The highest BCUT2D eigenvalue weighted by Crippen LogP contribution is 2.22. The number of anilines is 1. The maximum atomic E-state index is 5.97. The molecule has 0 radical (unpaired) electrons. The fraction of sp³-hybridized carbons (Fsp3) is 0.636. The molecule has 1 aromatic rings. The number of hydrogen-bond acceptors (Lipinski definition) is 4. The standard InChI is InChI=1S/C11H18ClN3S/c1-11(2,3)10-14-8(12)7-9(15-10)13-5-6-16-4/h7H,5-6H2,1-4H3,(H,13,14,15). The number of halogens is 1. The molecule has 0 saturated carbocycles. The zero-order chi connectivity index (χ0) is 12.2. The minimum absolute atomic E-state index is 0.0825. The van der Waals surface area contributed by atoms with E-state index in [4.69, 9.17) is 11.6 Å². The molecule has 16 heavy (non-hydrogen) atoms. The van der Waals surface area contributed by atoms with Crippen LogP contribution in [0.3, 0.4) is 0 Å². The van der Waals surface area contributed by atoms with Gasteiger partial charge in [-0.2, -0.15) is 11.8 Å². The van der Waals surface area contributed by atoms with Crippen LogP contribution in [0.5, 0.6) is 0 Å². The van der Waals surface area contributed by atoms with Gasteiger partial charge in [-0.15, -0.1) is 0 Å². The number of nitrogens with zero attached hydrogens (tertiary/aromatic N) is 2. The van der Waals surface area contributed by atoms with Crippen molar-refractivity contribution < 1.29 is 0 Å². The van der Waals surface area contributed by atoms with Crippen LogP contribution in [0.2, 0.25) is 5.15 Å². The molecule has 0 aliphatic carbocycles. The number of rotatable bonds is 4. The van der Waals surface area contributed by atoms with Crippen molar-refractivity contribution in [3.05, 3.63) is 17.0 Å². The predicted octanol–water partition coefficient (Wildman–Crippen LogP) is 3.20. The smallest absolute Gasteiger partial charge is 0.137 e. The second kappa shape index (κ2) is 5.73. The molecule has 0 aromatic carbocycles. The summed E-state index contributed by atoms with van der Waals surface area (Å²) in [6, 6.07) is 1.76. The lowest BCUT2D eigenvalue weighted by atomic mass is 9.96. The monoisotopic (exact) mass is 259 g/mol. The van der Waals surface area contributed by atoms with E-state index in [1.54, 1.807) is 17.8 Å². The molecule has 0 fully saturated rings. The van der Waals surface area contributed by atoms with Crippen molar-refractivity contribution in [1.29, 1.82) is 0 Å². The Morgan fingerprint density at radius 2 is 2.06 bits per heavy atom. The van der Waals surface area contributed by atoms with Crippen molar-refractivity contribution in [3.63, 3.8) is 0 Å². The Balaban J connectivity index is 2.82. The van der Waals surface area contributed by atoms with Gasteiger partial charge in [0.05, 0.1) is 0 Å². The first kappa shape index (κ1) is 13.6. The van der Waals surface area contributed by atoms with E-state index in [2.05, 4.69) is 42.3 Å². The van der Waals surface area contributed by atoms with E-state index in [0.29, 0.717) is 5.15 Å². The highest BCUT2D eigenvalue weighted by Gasteiger charge is 2.18. The van der Waals surface area contributed by atoms with E-state index in [9.17, 15) is 0 Å². The molecular formula is C11H18ClN3S.